The molecule has 1 aliphatic carbocycles. The van der Waals surface area contributed by atoms with Crippen LogP contribution in [0.4, 0.5) is 17.6 Å². The lowest BCUT2D eigenvalue weighted by Gasteiger charge is -2.28. The van der Waals surface area contributed by atoms with Crippen molar-refractivity contribution in [2.75, 3.05) is 26.2 Å². The zero-order chi connectivity index (χ0) is 51.3. The fourth-order valence-electron chi connectivity index (χ4n) is 4.61. The second-order valence-electron chi connectivity index (χ2n) is 10.5. The summed E-state index contributed by atoms with van der Waals surface area (Å²) < 4.78 is 216. The maximum absolute atomic E-state index is 15.2. The maximum Gasteiger partial charge on any atom is 0.416 e. The smallest absolute Gasteiger partial charge is 0.336 e. The number of benzene rings is 3. The zero-order valence-corrected chi connectivity index (χ0v) is 27.5. The average Bonchev–Trinajstić information content (AvgIpc) is 3.31. The van der Waals surface area contributed by atoms with Crippen LogP contribution in [0, 0.1) is 18.6 Å². The van der Waals surface area contributed by atoms with Gasteiger partial charge in [-0.2, -0.15) is 18.2 Å². The molecular formula is C38H42F4N4O2S. The van der Waals surface area contributed by atoms with Crippen LogP contribution in [0.5, 0.6) is 0 Å². The summed E-state index contributed by atoms with van der Waals surface area (Å²) >= 11 is -0.104. The third-order valence-corrected chi connectivity index (χ3v) is 7.97. The molecule has 5 rings (SSSR count). The highest BCUT2D eigenvalue weighted by Crippen LogP contribution is 2.34. The van der Waals surface area contributed by atoms with Crippen LogP contribution in [0.25, 0.3) is 11.1 Å². The number of likely N-dealkylation sites (N-methyl/N-ethyl adjacent to an activating group) is 1. The van der Waals surface area contributed by atoms with E-state index in [1.807, 2.05) is 0 Å². The van der Waals surface area contributed by atoms with E-state index in [1.54, 1.807) is 18.7 Å². The highest BCUT2D eigenvalue weighted by atomic mass is 32.2. The quantitative estimate of drug-likeness (QED) is 0.0806. The first-order valence-corrected chi connectivity index (χ1v) is 15.7. The van der Waals surface area contributed by atoms with Crippen LogP contribution >= 0.6 is 11.8 Å². The monoisotopic (exact) mass is 712 g/mol. The van der Waals surface area contributed by atoms with E-state index < -0.39 is 154 Å². The van der Waals surface area contributed by atoms with Gasteiger partial charge < -0.3 is 14.4 Å². The van der Waals surface area contributed by atoms with Crippen molar-refractivity contribution in [2.45, 2.75) is 70.5 Å². The molecule has 0 saturated carbocycles. The highest BCUT2D eigenvalue weighted by molar-refractivity contribution is 7.98. The minimum atomic E-state index is -5.22. The largest absolute Gasteiger partial charge is 0.416 e. The molecule has 1 aliphatic rings. The van der Waals surface area contributed by atoms with E-state index in [2.05, 4.69) is 4.98 Å². The molecule has 1 atom stereocenters. The first kappa shape index (κ1) is 19.4. The number of amides is 1. The van der Waals surface area contributed by atoms with Crippen LogP contribution < -0.4 is 5.56 Å². The minimum absolute atomic E-state index is 0.0330. The van der Waals surface area contributed by atoms with Gasteiger partial charge in [0.05, 0.1) is 20.6 Å². The summed E-state index contributed by atoms with van der Waals surface area (Å²) in [6, 6.07) is -5.32. The van der Waals surface area contributed by atoms with Crippen molar-refractivity contribution in [3.05, 3.63) is 116 Å². The normalized spacial score (nSPS) is 24.1. The summed E-state index contributed by atoms with van der Waals surface area (Å²) in [6.07, 6.45) is -11.9. The Bertz CT molecular complexity index is 2660. The van der Waals surface area contributed by atoms with Crippen molar-refractivity contribution in [3.8, 4) is 11.1 Å². The van der Waals surface area contributed by atoms with Gasteiger partial charge in [-0.05, 0) is 84.6 Å². The van der Waals surface area contributed by atoms with Crippen molar-refractivity contribution < 1.29 is 47.0 Å². The molecule has 0 spiro atoms. The van der Waals surface area contributed by atoms with E-state index in [4.69, 9.17) is 19.2 Å². The number of hydrogen-bond acceptors (Lipinski definition) is 5. The van der Waals surface area contributed by atoms with Gasteiger partial charge in [-0.15, -0.1) is 0 Å². The maximum atomic E-state index is 15.2. The molecule has 1 aromatic heterocycles. The van der Waals surface area contributed by atoms with Crippen LogP contribution in [0.2, 0.25) is 0 Å². The molecule has 0 saturated heterocycles. The third kappa shape index (κ3) is 8.99. The summed E-state index contributed by atoms with van der Waals surface area (Å²) in [6.45, 7) is -3.50. The second kappa shape index (κ2) is 15.7. The fraction of sp³-hybridized carbons (Fsp3) is 0.395. The molecule has 0 fully saturated rings. The third-order valence-electron chi connectivity index (χ3n) is 7.18. The number of fused-ring (bicyclic) bond motifs is 1. The molecule has 1 unspecified atom stereocenters. The van der Waals surface area contributed by atoms with Gasteiger partial charge in [0, 0.05) is 46.1 Å². The Labute approximate surface area is 314 Å². The van der Waals surface area contributed by atoms with Crippen molar-refractivity contribution in [1.82, 2.24) is 19.4 Å². The first-order valence-electron chi connectivity index (χ1n) is 23.9. The number of hydrogen-bond donors (Lipinski definition) is 0. The van der Waals surface area contributed by atoms with Crippen molar-refractivity contribution in [3.63, 3.8) is 0 Å². The van der Waals surface area contributed by atoms with Gasteiger partial charge in [-0.1, -0.05) is 80.9 Å². The first-order chi connectivity index (χ1) is 30.4. The number of alkyl halides is 3. The Balaban J connectivity index is 1.84. The molecule has 0 aliphatic heterocycles. The van der Waals surface area contributed by atoms with Crippen LogP contribution in [-0.4, -0.2) is 51.4 Å². The van der Waals surface area contributed by atoms with Crippen molar-refractivity contribution in [2.24, 2.45) is 5.89 Å². The van der Waals surface area contributed by atoms with E-state index in [0.717, 1.165) is 38.1 Å². The summed E-state index contributed by atoms with van der Waals surface area (Å²) in [5.41, 5.74) is -13.0. The number of carbonyl (C=O) groups excluding carboxylic acids is 1. The van der Waals surface area contributed by atoms with E-state index >= 15 is 4.79 Å². The molecule has 260 valence electrons. The molecule has 0 radical (unpaired) electrons. The molecule has 1 amide bonds. The topological polar surface area (TPSA) is 58.4 Å². The molecular weight excluding hydrogens is 653 g/mol. The lowest BCUT2D eigenvalue weighted by Crippen LogP contribution is -2.40. The second-order valence-corrected chi connectivity index (χ2v) is 11.3. The lowest BCUT2D eigenvalue weighted by atomic mass is 9.98. The van der Waals surface area contributed by atoms with E-state index in [9.17, 15) is 27.8 Å². The number of rotatable bonds is 13. The Morgan fingerprint density at radius 2 is 1.73 bits per heavy atom. The summed E-state index contributed by atoms with van der Waals surface area (Å²) in [5.74, 6) is -5.81. The lowest BCUT2D eigenvalue weighted by molar-refractivity contribution is -0.138. The van der Waals surface area contributed by atoms with Crippen molar-refractivity contribution >= 4 is 17.7 Å². The van der Waals surface area contributed by atoms with Gasteiger partial charge in [-0.3, -0.25) is 9.59 Å². The Kier molecular flexibility index (Phi) is 6.24. The molecule has 49 heavy (non-hydrogen) atoms. The Hall–Kier alpha value is -3.96. The predicted octanol–water partition coefficient (Wildman–Crippen LogP) is 7.77. The van der Waals surface area contributed by atoms with E-state index in [-0.39, 0.29) is 46.4 Å². The van der Waals surface area contributed by atoms with Crippen LogP contribution in [0.3, 0.4) is 0 Å². The van der Waals surface area contributed by atoms with Gasteiger partial charge in [0.25, 0.3) is 5.56 Å². The summed E-state index contributed by atoms with van der Waals surface area (Å²) in [7, 11) is 0. The van der Waals surface area contributed by atoms with Gasteiger partial charge in [-0.25, -0.2) is 4.39 Å². The fourth-order valence-corrected chi connectivity index (χ4v) is 5.31. The minimum Gasteiger partial charge on any atom is -0.336 e. The zero-order valence-electron chi connectivity index (χ0n) is 44.7. The Morgan fingerprint density at radius 1 is 1.06 bits per heavy atom. The molecule has 3 aromatic carbocycles. The van der Waals surface area contributed by atoms with Crippen LogP contribution in [0.15, 0.2) is 76.5 Å². The molecule has 11 heteroatoms. The number of halogens is 4. The number of carbonyl (C=O) groups is 1. The van der Waals surface area contributed by atoms with Crippen molar-refractivity contribution in [1.29, 1.82) is 0 Å². The molecule has 0 N–H and O–H groups in total. The van der Waals surface area contributed by atoms with Gasteiger partial charge >= 0.3 is 6.18 Å². The van der Waals surface area contributed by atoms with Gasteiger partial charge in [0.2, 0.25) is 5.91 Å². The SMILES string of the molecule is [2H]c1c([2H])c(C([2H])([2H])N(CCN(CC)CC)C(=O)C([2H])([2H])n2c(SC([2H])([2H])c3ccc(F)cc3)nc(=O)c3c2C([2H])([2H])C([2H])(C)C3([2H])[2H])c([2H])c([2H])c1-c1c([2H])c([2H])c(C(F)(F)F)c(C)c1[2H]. The summed E-state index contributed by atoms with van der Waals surface area (Å²) in [5, 5.41) is -1.13. The molecule has 6 nitrogen and oxygen atoms in total. The number of thioether (sulfide) groups is 1. The Morgan fingerprint density at radius 3 is 2.39 bits per heavy atom. The van der Waals surface area contributed by atoms with E-state index in [0.29, 0.717) is 0 Å². The number of nitrogens with zero attached hydrogens (tertiary/aromatic N) is 4. The van der Waals surface area contributed by atoms with Gasteiger partial charge in [0.15, 0.2) is 5.16 Å². The number of aromatic nitrogens is 2. The van der Waals surface area contributed by atoms with Gasteiger partial charge in [0.1, 0.15) is 12.3 Å². The van der Waals surface area contributed by atoms with Crippen LogP contribution in [-0.2, 0) is 42.4 Å². The molecule has 4 aromatic rings. The highest BCUT2D eigenvalue weighted by Gasteiger charge is 2.32. The average molecular weight is 713 g/mol. The van der Waals surface area contributed by atoms with Crippen LogP contribution in [0.1, 0.15) is 79.0 Å². The standard InChI is InChI=1S/C38H42F4N4O2S/c1-5-44(6-2)17-18-45(22-27-7-11-29(12-8-27)30-13-16-33(26(4)21-30)38(40,41)42)35(47)23-46-34-20-25(3)19-32(34)36(48)43-37(46)49-24-28-9-14-31(39)15-10-28/h7-16,21,25H,5-6,17-20,22-24H2,1-4H3/i7D,8D,11D,12D,13D,16D,19D2,20D2,21D,22D2,23D2,24D2,25D. The summed E-state index contributed by atoms with van der Waals surface area (Å²) in [4.78, 5) is 34.3. The molecule has 0 bridgehead atoms. The predicted molar refractivity (Wildman–Crippen MR) is 186 cm³/mol. The molecule has 1 heterocycles. The van der Waals surface area contributed by atoms with E-state index in [1.165, 1.54) is 0 Å².